The molecule has 4 heteroatoms. The van der Waals surface area contributed by atoms with Gasteiger partial charge in [-0.3, -0.25) is 9.78 Å². The molecule has 1 N–H and O–H groups in total. The molecule has 2 aromatic rings. The van der Waals surface area contributed by atoms with Crippen LogP contribution in [0.4, 0.5) is 0 Å². The molecule has 110 valence electrons. The van der Waals surface area contributed by atoms with Gasteiger partial charge >= 0.3 is 0 Å². The first kappa shape index (κ1) is 15.0. The highest BCUT2D eigenvalue weighted by Gasteiger charge is 2.09. The van der Waals surface area contributed by atoms with Crippen LogP contribution in [0.1, 0.15) is 34.1 Å². The monoisotopic (exact) mass is 284 g/mol. The normalized spacial score (nSPS) is 10.2. The molecular formula is C17H20N2O2. The summed E-state index contributed by atoms with van der Waals surface area (Å²) in [5, 5.41) is 2.89. The zero-order valence-corrected chi connectivity index (χ0v) is 12.6. The molecule has 0 saturated heterocycles. The lowest BCUT2D eigenvalue weighted by Gasteiger charge is -2.13. The molecule has 0 fully saturated rings. The largest absolute Gasteiger partial charge is 0.494 e. The topological polar surface area (TPSA) is 51.2 Å². The summed E-state index contributed by atoms with van der Waals surface area (Å²) in [6.45, 7) is 7.12. The molecule has 21 heavy (non-hydrogen) atoms. The zero-order chi connectivity index (χ0) is 15.2. The van der Waals surface area contributed by atoms with Crippen molar-refractivity contribution in [2.75, 3.05) is 6.61 Å². The van der Waals surface area contributed by atoms with Gasteiger partial charge in [-0.25, -0.2) is 0 Å². The second-order valence-electron chi connectivity index (χ2n) is 4.87. The fraction of sp³-hybridized carbons (Fsp3) is 0.294. The van der Waals surface area contributed by atoms with Crippen molar-refractivity contribution < 1.29 is 9.53 Å². The van der Waals surface area contributed by atoms with Gasteiger partial charge in [0.05, 0.1) is 6.61 Å². The number of carbonyl (C=O) groups is 1. The number of amides is 1. The Kier molecular flexibility index (Phi) is 4.93. The Labute approximate surface area is 125 Å². The molecule has 0 saturated carbocycles. The number of pyridine rings is 1. The maximum atomic E-state index is 12.0. The van der Waals surface area contributed by atoms with Gasteiger partial charge in [-0.1, -0.05) is 12.1 Å². The fourth-order valence-corrected chi connectivity index (χ4v) is 2.11. The Hall–Kier alpha value is -2.36. The molecule has 1 aromatic carbocycles. The van der Waals surface area contributed by atoms with Crippen LogP contribution in [-0.2, 0) is 6.54 Å². The highest BCUT2D eigenvalue weighted by Crippen LogP contribution is 2.22. The number of benzene rings is 1. The van der Waals surface area contributed by atoms with E-state index in [0.29, 0.717) is 18.8 Å². The smallest absolute Gasteiger partial charge is 0.270 e. The van der Waals surface area contributed by atoms with E-state index in [1.807, 2.05) is 26.8 Å². The summed E-state index contributed by atoms with van der Waals surface area (Å²) in [5.41, 5.74) is 3.69. The summed E-state index contributed by atoms with van der Waals surface area (Å²) in [6, 6.07) is 9.36. The summed E-state index contributed by atoms with van der Waals surface area (Å²) in [6.07, 6.45) is 1.61. The van der Waals surface area contributed by atoms with Crippen molar-refractivity contribution in [2.45, 2.75) is 27.3 Å². The number of rotatable bonds is 5. The second kappa shape index (κ2) is 6.88. The summed E-state index contributed by atoms with van der Waals surface area (Å²) in [7, 11) is 0. The molecule has 0 unspecified atom stereocenters. The van der Waals surface area contributed by atoms with Gasteiger partial charge in [0, 0.05) is 12.7 Å². The molecule has 1 amide bonds. The number of carbonyl (C=O) groups excluding carboxylic acids is 1. The average molecular weight is 284 g/mol. The minimum Gasteiger partial charge on any atom is -0.494 e. The van der Waals surface area contributed by atoms with Gasteiger partial charge < -0.3 is 10.1 Å². The molecule has 1 aromatic heterocycles. The predicted molar refractivity (Wildman–Crippen MR) is 82.5 cm³/mol. The Morgan fingerprint density at radius 1 is 1.24 bits per heavy atom. The van der Waals surface area contributed by atoms with Gasteiger partial charge in [-0.15, -0.1) is 0 Å². The Bertz CT molecular complexity index is 624. The number of aryl methyl sites for hydroxylation is 2. The molecule has 0 radical (unpaired) electrons. The van der Waals surface area contributed by atoms with Gasteiger partial charge in [0.1, 0.15) is 11.4 Å². The molecule has 0 aliphatic heterocycles. The molecule has 0 atom stereocenters. The minimum absolute atomic E-state index is 0.165. The van der Waals surface area contributed by atoms with Crippen LogP contribution >= 0.6 is 0 Å². The third kappa shape index (κ3) is 3.81. The molecule has 0 spiro atoms. The Morgan fingerprint density at radius 2 is 2.05 bits per heavy atom. The summed E-state index contributed by atoms with van der Waals surface area (Å²) < 4.78 is 5.57. The fourth-order valence-electron chi connectivity index (χ4n) is 2.11. The summed E-state index contributed by atoms with van der Waals surface area (Å²) in [4.78, 5) is 16.0. The highest BCUT2D eigenvalue weighted by atomic mass is 16.5. The van der Waals surface area contributed by atoms with Crippen molar-refractivity contribution in [1.82, 2.24) is 10.3 Å². The number of nitrogens with one attached hydrogen (secondary N) is 1. The van der Waals surface area contributed by atoms with Crippen molar-refractivity contribution in [3.63, 3.8) is 0 Å². The van der Waals surface area contributed by atoms with Crippen molar-refractivity contribution in [1.29, 1.82) is 0 Å². The van der Waals surface area contributed by atoms with Gasteiger partial charge in [-0.05, 0) is 55.7 Å². The first-order chi connectivity index (χ1) is 10.1. The van der Waals surface area contributed by atoms with Crippen LogP contribution in [0, 0.1) is 13.8 Å². The molecule has 1 heterocycles. The van der Waals surface area contributed by atoms with Crippen LogP contribution < -0.4 is 10.1 Å². The van der Waals surface area contributed by atoms with E-state index in [9.17, 15) is 4.79 Å². The lowest BCUT2D eigenvalue weighted by molar-refractivity contribution is 0.0946. The molecule has 0 aliphatic carbocycles. The van der Waals surface area contributed by atoms with Crippen LogP contribution in [0.2, 0.25) is 0 Å². The first-order valence-corrected chi connectivity index (χ1v) is 7.04. The van der Waals surface area contributed by atoms with Crippen LogP contribution in [0.5, 0.6) is 5.75 Å². The van der Waals surface area contributed by atoms with E-state index in [1.165, 1.54) is 0 Å². The maximum absolute atomic E-state index is 12.0. The number of hydrogen-bond donors (Lipinski definition) is 1. The molecule has 2 rings (SSSR count). The van der Waals surface area contributed by atoms with Crippen LogP contribution in [0.3, 0.4) is 0 Å². The SMILES string of the molecule is CCOc1cc(C)c(CNC(=O)c2ccccn2)cc1C. The lowest BCUT2D eigenvalue weighted by atomic mass is 10.0. The number of aromatic nitrogens is 1. The third-order valence-corrected chi connectivity index (χ3v) is 3.27. The Morgan fingerprint density at radius 3 is 2.71 bits per heavy atom. The predicted octanol–water partition coefficient (Wildman–Crippen LogP) is 3.03. The van der Waals surface area contributed by atoms with Crippen molar-refractivity contribution in [3.05, 3.63) is 58.9 Å². The van der Waals surface area contributed by atoms with Gasteiger partial charge in [0.25, 0.3) is 5.91 Å². The molecule has 4 nitrogen and oxygen atoms in total. The third-order valence-electron chi connectivity index (χ3n) is 3.27. The number of ether oxygens (including phenoxy) is 1. The van der Waals surface area contributed by atoms with Crippen LogP contribution in [-0.4, -0.2) is 17.5 Å². The molecule has 0 aliphatic rings. The minimum atomic E-state index is -0.165. The highest BCUT2D eigenvalue weighted by molar-refractivity contribution is 5.92. The van der Waals surface area contributed by atoms with Gasteiger partial charge in [-0.2, -0.15) is 0 Å². The molecular weight excluding hydrogens is 264 g/mol. The Balaban J connectivity index is 2.07. The van der Waals surface area contributed by atoms with Crippen molar-refractivity contribution in [3.8, 4) is 5.75 Å². The van der Waals surface area contributed by atoms with E-state index in [0.717, 1.165) is 22.4 Å². The van der Waals surface area contributed by atoms with E-state index in [2.05, 4.69) is 16.4 Å². The maximum Gasteiger partial charge on any atom is 0.270 e. The number of nitrogens with zero attached hydrogens (tertiary/aromatic N) is 1. The molecule has 0 bridgehead atoms. The second-order valence-corrected chi connectivity index (χ2v) is 4.87. The van der Waals surface area contributed by atoms with E-state index < -0.39 is 0 Å². The quantitative estimate of drug-likeness (QED) is 0.918. The average Bonchev–Trinajstić information content (AvgIpc) is 2.50. The van der Waals surface area contributed by atoms with E-state index >= 15 is 0 Å². The van der Waals surface area contributed by atoms with Crippen molar-refractivity contribution >= 4 is 5.91 Å². The van der Waals surface area contributed by atoms with E-state index in [1.54, 1.807) is 24.4 Å². The van der Waals surface area contributed by atoms with E-state index in [-0.39, 0.29) is 5.91 Å². The standard InChI is InChI=1S/C17H20N2O2/c1-4-21-16-10-12(2)14(9-13(16)3)11-19-17(20)15-7-5-6-8-18-15/h5-10H,4,11H2,1-3H3,(H,19,20). The lowest BCUT2D eigenvalue weighted by Crippen LogP contribution is -2.24. The summed E-state index contributed by atoms with van der Waals surface area (Å²) in [5.74, 6) is 0.733. The summed E-state index contributed by atoms with van der Waals surface area (Å²) >= 11 is 0. The van der Waals surface area contributed by atoms with Crippen LogP contribution in [0.25, 0.3) is 0 Å². The first-order valence-electron chi connectivity index (χ1n) is 7.04. The van der Waals surface area contributed by atoms with Crippen LogP contribution in [0.15, 0.2) is 36.5 Å². The number of hydrogen-bond acceptors (Lipinski definition) is 3. The van der Waals surface area contributed by atoms with Gasteiger partial charge in [0.15, 0.2) is 0 Å². The van der Waals surface area contributed by atoms with E-state index in [4.69, 9.17) is 4.74 Å². The van der Waals surface area contributed by atoms with Gasteiger partial charge in [0.2, 0.25) is 0 Å². The van der Waals surface area contributed by atoms with Crippen molar-refractivity contribution in [2.24, 2.45) is 0 Å². The zero-order valence-electron chi connectivity index (χ0n) is 12.6.